The summed E-state index contributed by atoms with van der Waals surface area (Å²) >= 11 is 0. The number of carboxylic acids is 1. The monoisotopic (exact) mass is 271 g/mol. The Hall–Kier alpha value is -1.79. The Labute approximate surface area is 112 Å². The summed E-state index contributed by atoms with van der Waals surface area (Å²) in [5.41, 5.74) is 5.10. The van der Waals surface area contributed by atoms with Crippen LogP contribution in [0.25, 0.3) is 0 Å². The van der Waals surface area contributed by atoms with Gasteiger partial charge in [0.05, 0.1) is 5.92 Å². The van der Waals surface area contributed by atoms with Crippen molar-refractivity contribution in [2.75, 3.05) is 6.54 Å². The average Bonchev–Trinajstić information content (AvgIpc) is 2.73. The van der Waals surface area contributed by atoms with E-state index in [2.05, 4.69) is 5.32 Å². The zero-order valence-corrected chi connectivity index (χ0v) is 11.3. The molecular weight excluding hydrogens is 250 g/mol. The molecule has 0 saturated heterocycles. The molecule has 2 atom stereocenters. The summed E-state index contributed by atoms with van der Waals surface area (Å²) in [6, 6.07) is -0.997. The number of nitrogens with zero attached hydrogens (tertiary/aromatic N) is 1. The molecule has 0 aromatic heterocycles. The number of hydrogen-bond donors (Lipinski definition) is 3. The van der Waals surface area contributed by atoms with E-state index in [1.807, 2.05) is 0 Å². The van der Waals surface area contributed by atoms with E-state index < -0.39 is 23.8 Å². The van der Waals surface area contributed by atoms with Crippen molar-refractivity contribution in [3.63, 3.8) is 0 Å². The van der Waals surface area contributed by atoms with Crippen LogP contribution in [0.1, 0.15) is 33.1 Å². The van der Waals surface area contributed by atoms with Gasteiger partial charge in [-0.15, -0.1) is 0 Å². The molecule has 0 radical (unpaired) electrons. The van der Waals surface area contributed by atoms with E-state index in [-0.39, 0.29) is 18.6 Å². The number of carbonyl (C=O) groups is 3. The smallest absolute Gasteiger partial charge is 0.318 e. The quantitative estimate of drug-likeness (QED) is 0.660. The Morgan fingerprint density at radius 3 is 2.47 bits per heavy atom. The minimum atomic E-state index is -0.895. The first-order chi connectivity index (χ1) is 8.82. The molecule has 0 aromatic carbocycles. The lowest BCUT2D eigenvalue weighted by Crippen LogP contribution is -2.51. The SMILES string of the molecule is CC(C)N(CC(N)=O)C(=O)NC1CCCC1C(=O)O. The number of primary amides is 1. The molecule has 1 aliphatic carbocycles. The maximum absolute atomic E-state index is 12.1. The Balaban J connectivity index is 2.65. The lowest BCUT2D eigenvalue weighted by Gasteiger charge is -2.28. The number of carboxylic acid groups (broad SMARTS) is 1. The van der Waals surface area contributed by atoms with Gasteiger partial charge in [0.15, 0.2) is 0 Å². The average molecular weight is 271 g/mol. The molecule has 4 N–H and O–H groups in total. The zero-order chi connectivity index (χ0) is 14.6. The van der Waals surface area contributed by atoms with E-state index in [0.717, 1.165) is 6.42 Å². The lowest BCUT2D eigenvalue weighted by atomic mass is 10.0. The number of carbonyl (C=O) groups excluding carboxylic acids is 2. The van der Waals surface area contributed by atoms with Crippen LogP contribution in [0.15, 0.2) is 0 Å². The number of rotatable bonds is 5. The van der Waals surface area contributed by atoms with Crippen LogP contribution >= 0.6 is 0 Å². The van der Waals surface area contributed by atoms with Crippen LogP contribution in [0.5, 0.6) is 0 Å². The first-order valence-electron chi connectivity index (χ1n) is 6.41. The number of nitrogens with two attached hydrogens (primary N) is 1. The number of aliphatic carboxylic acids is 1. The van der Waals surface area contributed by atoms with Gasteiger partial charge < -0.3 is 21.1 Å². The van der Waals surface area contributed by atoms with Gasteiger partial charge in [-0.05, 0) is 26.7 Å². The van der Waals surface area contributed by atoms with Crippen LogP contribution in [0.2, 0.25) is 0 Å². The number of urea groups is 1. The number of hydrogen-bond acceptors (Lipinski definition) is 3. The van der Waals surface area contributed by atoms with E-state index in [9.17, 15) is 14.4 Å². The second kappa shape index (κ2) is 6.40. The Bertz CT molecular complexity index is 370. The van der Waals surface area contributed by atoms with E-state index in [4.69, 9.17) is 10.8 Å². The summed E-state index contributed by atoms with van der Waals surface area (Å²) < 4.78 is 0. The first kappa shape index (κ1) is 15.3. The van der Waals surface area contributed by atoms with Crippen LogP contribution in [0.4, 0.5) is 4.79 Å². The first-order valence-corrected chi connectivity index (χ1v) is 6.41. The highest BCUT2D eigenvalue weighted by molar-refractivity contribution is 5.83. The molecule has 0 spiro atoms. The van der Waals surface area contributed by atoms with Crippen LogP contribution in [0, 0.1) is 5.92 Å². The molecule has 1 aliphatic rings. The third kappa shape index (κ3) is 4.11. The normalized spacial score (nSPS) is 22.3. The van der Waals surface area contributed by atoms with Crippen LogP contribution < -0.4 is 11.1 Å². The Kier molecular flexibility index (Phi) is 5.14. The van der Waals surface area contributed by atoms with Crippen molar-refractivity contribution in [3.05, 3.63) is 0 Å². The zero-order valence-electron chi connectivity index (χ0n) is 11.3. The predicted octanol–water partition coefficient (Wildman–Crippen LogP) is 0.145. The van der Waals surface area contributed by atoms with Crippen molar-refractivity contribution in [1.29, 1.82) is 0 Å². The van der Waals surface area contributed by atoms with E-state index in [1.165, 1.54) is 4.90 Å². The highest BCUT2D eigenvalue weighted by Gasteiger charge is 2.35. The molecule has 19 heavy (non-hydrogen) atoms. The third-order valence-electron chi connectivity index (χ3n) is 3.35. The molecular formula is C12H21N3O4. The molecule has 0 aliphatic heterocycles. The molecule has 0 heterocycles. The minimum absolute atomic E-state index is 0.173. The minimum Gasteiger partial charge on any atom is -0.481 e. The fourth-order valence-electron chi connectivity index (χ4n) is 2.33. The highest BCUT2D eigenvalue weighted by Crippen LogP contribution is 2.26. The maximum atomic E-state index is 12.1. The third-order valence-corrected chi connectivity index (χ3v) is 3.35. The Morgan fingerprint density at radius 1 is 1.37 bits per heavy atom. The van der Waals surface area contributed by atoms with Crippen molar-refractivity contribution >= 4 is 17.9 Å². The fraction of sp³-hybridized carbons (Fsp3) is 0.750. The summed E-state index contributed by atoms with van der Waals surface area (Å²) in [7, 11) is 0. The molecule has 1 rings (SSSR count). The second-order valence-electron chi connectivity index (χ2n) is 5.12. The van der Waals surface area contributed by atoms with E-state index in [0.29, 0.717) is 12.8 Å². The Morgan fingerprint density at radius 2 is 2.00 bits per heavy atom. The van der Waals surface area contributed by atoms with Crippen molar-refractivity contribution in [1.82, 2.24) is 10.2 Å². The second-order valence-corrected chi connectivity index (χ2v) is 5.12. The lowest BCUT2D eigenvalue weighted by molar-refractivity contribution is -0.142. The van der Waals surface area contributed by atoms with Gasteiger partial charge in [0.25, 0.3) is 0 Å². The molecule has 7 heteroatoms. The summed E-state index contributed by atoms with van der Waals surface area (Å²) in [5.74, 6) is -2.04. The largest absolute Gasteiger partial charge is 0.481 e. The topological polar surface area (TPSA) is 113 Å². The molecule has 108 valence electrons. The van der Waals surface area contributed by atoms with Crippen molar-refractivity contribution in [2.45, 2.75) is 45.2 Å². The van der Waals surface area contributed by atoms with Gasteiger partial charge in [-0.2, -0.15) is 0 Å². The van der Waals surface area contributed by atoms with Crippen molar-refractivity contribution in [3.8, 4) is 0 Å². The molecule has 1 saturated carbocycles. The molecule has 3 amide bonds. The van der Waals surface area contributed by atoms with Gasteiger partial charge in [-0.1, -0.05) is 6.42 Å². The van der Waals surface area contributed by atoms with Gasteiger partial charge in [0.2, 0.25) is 5.91 Å². The van der Waals surface area contributed by atoms with Gasteiger partial charge in [0.1, 0.15) is 6.54 Å². The summed E-state index contributed by atoms with van der Waals surface area (Å²) in [6.07, 6.45) is 1.99. The molecule has 2 unspecified atom stereocenters. The van der Waals surface area contributed by atoms with Gasteiger partial charge in [-0.25, -0.2) is 4.79 Å². The van der Waals surface area contributed by atoms with Gasteiger partial charge >= 0.3 is 12.0 Å². The summed E-state index contributed by atoms with van der Waals surface area (Å²) in [4.78, 5) is 35.3. The van der Waals surface area contributed by atoms with Crippen molar-refractivity contribution in [2.24, 2.45) is 11.7 Å². The fourth-order valence-corrected chi connectivity index (χ4v) is 2.33. The number of amides is 3. The van der Waals surface area contributed by atoms with E-state index in [1.54, 1.807) is 13.8 Å². The standard InChI is InChI=1S/C12H21N3O4/c1-7(2)15(6-10(13)16)12(19)14-9-5-3-4-8(9)11(17)18/h7-9H,3-6H2,1-2H3,(H2,13,16)(H,14,19)(H,17,18). The van der Waals surface area contributed by atoms with Gasteiger partial charge in [-0.3, -0.25) is 9.59 Å². The summed E-state index contributed by atoms with van der Waals surface area (Å²) in [5, 5.41) is 11.7. The molecule has 7 nitrogen and oxygen atoms in total. The predicted molar refractivity (Wildman–Crippen MR) is 68.3 cm³/mol. The number of nitrogens with one attached hydrogen (secondary N) is 1. The van der Waals surface area contributed by atoms with Crippen LogP contribution in [0.3, 0.4) is 0 Å². The van der Waals surface area contributed by atoms with E-state index >= 15 is 0 Å². The van der Waals surface area contributed by atoms with Crippen molar-refractivity contribution < 1.29 is 19.5 Å². The van der Waals surface area contributed by atoms with Crippen LogP contribution in [-0.4, -0.2) is 46.5 Å². The highest BCUT2D eigenvalue weighted by atomic mass is 16.4. The van der Waals surface area contributed by atoms with Crippen LogP contribution in [-0.2, 0) is 9.59 Å². The molecule has 0 aromatic rings. The van der Waals surface area contributed by atoms with Gasteiger partial charge in [0, 0.05) is 12.1 Å². The molecule has 1 fully saturated rings. The molecule has 0 bridgehead atoms. The summed E-state index contributed by atoms with van der Waals surface area (Å²) in [6.45, 7) is 3.37. The maximum Gasteiger partial charge on any atom is 0.318 e.